The van der Waals surface area contributed by atoms with Crippen molar-refractivity contribution in [2.75, 3.05) is 7.05 Å². The van der Waals surface area contributed by atoms with Crippen molar-refractivity contribution in [2.45, 2.75) is 58.8 Å². The van der Waals surface area contributed by atoms with Crippen molar-refractivity contribution in [1.29, 1.82) is 0 Å². The van der Waals surface area contributed by atoms with E-state index in [1.807, 2.05) is 29.1 Å². The van der Waals surface area contributed by atoms with Crippen molar-refractivity contribution >= 4 is 12.2 Å². The van der Waals surface area contributed by atoms with Crippen LogP contribution in [0, 0.1) is 18.6 Å². The molecule has 0 aliphatic heterocycles. The van der Waals surface area contributed by atoms with Gasteiger partial charge in [0.25, 0.3) is 0 Å². The predicted octanol–water partition coefficient (Wildman–Crippen LogP) is 5.03. The van der Waals surface area contributed by atoms with E-state index in [1.54, 1.807) is 0 Å². The molecule has 1 saturated carbocycles. The van der Waals surface area contributed by atoms with E-state index in [9.17, 15) is 0 Å². The minimum Gasteiger partial charge on any atom is -0.318 e. The van der Waals surface area contributed by atoms with Crippen LogP contribution in [0.25, 0.3) is 5.69 Å². The van der Waals surface area contributed by atoms with Crippen LogP contribution in [0.3, 0.4) is 0 Å². The fourth-order valence-corrected chi connectivity index (χ4v) is 4.79. The Morgan fingerprint density at radius 3 is 2.54 bits per heavy atom. The molecule has 0 saturated heterocycles. The lowest BCUT2D eigenvalue weighted by Crippen LogP contribution is -2.22. The largest absolute Gasteiger partial charge is 0.318 e. The highest BCUT2D eigenvalue weighted by Crippen LogP contribution is 2.32. The van der Waals surface area contributed by atoms with E-state index in [2.05, 4.69) is 58.4 Å². The molecule has 1 aliphatic carbocycles. The number of hydrogen-bond donors (Lipinski definition) is 0. The molecule has 148 valence electrons. The zero-order valence-corrected chi connectivity index (χ0v) is 17.8. The average molecular weight is 396 g/mol. The highest BCUT2D eigenvalue weighted by atomic mass is 32.1. The summed E-state index contributed by atoms with van der Waals surface area (Å²) in [7, 11) is 2.14. The normalized spacial score (nSPS) is 15.0. The summed E-state index contributed by atoms with van der Waals surface area (Å²) in [4.78, 5) is 2.30. The van der Waals surface area contributed by atoms with Crippen molar-refractivity contribution in [3.8, 4) is 5.69 Å². The summed E-state index contributed by atoms with van der Waals surface area (Å²) < 4.78 is 7.58. The number of rotatable bonds is 6. The Morgan fingerprint density at radius 2 is 1.82 bits per heavy atom. The fraction of sp³-hybridized carbons (Fsp3) is 0.455. The third kappa shape index (κ3) is 3.71. The molecule has 28 heavy (non-hydrogen) atoms. The minimum atomic E-state index is 0.585. The maximum atomic E-state index is 5.87. The lowest BCUT2D eigenvalue weighted by Gasteiger charge is -2.18. The molecular formula is C22H29N5S. The van der Waals surface area contributed by atoms with Gasteiger partial charge < -0.3 is 9.13 Å². The van der Waals surface area contributed by atoms with E-state index in [0.29, 0.717) is 6.04 Å². The van der Waals surface area contributed by atoms with E-state index < -0.39 is 0 Å². The Labute approximate surface area is 172 Å². The maximum absolute atomic E-state index is 5.87. The predicted molar refractivity (Wildman–Crippen MR) is 115 cm³/mol. The van der Waals surface area contributed by atoms with Crippen LogP contribution >= 0.6 is 12.2 Å². The summed E-state index contributed by atoms with van der Waals surface area (Å²) in [5.41, 5.74) is 4.88. The number of benzene rings is 1. The highest BCUT2D eigenvalue weighted by Gasteiger charge is 2.22. The molecule has 4 rings (SSSR count). The van der Waals surface area contributed by atoms with E-state index in [1.165, 1.54) is 42.6 Å². The molecule has 1 fully saturated rings. The molecule has 1 aliphatic rings. The van der Waals surface area contributed by atoms with Gasteiger partial charge in [-0.25, -0.2) is 4.68 Å². The first-order valence-corrected chi connectivity index (χ1v) is 10.5. The number of hydrogen-bond acceptors (Lipinski definition) is 3. The number of imidazole rings is 1. The smallest absolute Gasteiger partial charge is 0.181 e. The summed E-state index contributed by atoms with van der Waals surface area (Å²) in [5, 5.41) is 4.51. The van der Waals surface area contributed by atoms with Gasteiger partial charge in [-0.3, -0.25) is 4.90 Å². The molecule has 1 aromatic carbocycles. The van der Waals surface area contributed by atoms with Crippen LogP contribution in [-0.2, 0) is 13.2 Å². The third-order valence-electron chi connectivity index (χ3n) is 5.91. The van der Waals surface area contributed by atoms with Crippen LogP contribution in [0.15, 0.2) is 42.7 Å². The zero-order valence-electron chi connectivity index (χ0n) is 17.0. The Hall–Kier alpha value is -2.18. The molecule has 2 heterocycles. The van der Waals surface area contributed by atoms with Crippen LogP contribution in [0.4, 0.5) is 0 Å². The van der Waals surface area contributed by atoms with Crippen molar-refractivity contribution in [3.05, 3.63) is 64.4 Å². The van der Waals surface area contributed by atoms with Crippen molar-refractivity contribution in [3.63, 3.8) is 0 Å². The SMILES string of the molecule is Cc1c(C)n(C2CCCC2)c(=S)n1CN(C)Cc1cnn(-c2ccccc2)c1. The highest BCUT2D eigenvalue weighted by molar-refractivity contribution is 7.71. The van der Waals surface area contributed by atoms with Crippen molar-refractivity contribution in [1.82, 2.24) is 23.8 Å². The van der Waals surface area contributed by atoms with Gasteiger partial charge in [-0.1, -0.05) is 31.0 Å². The molecule has 6 heteroatoms. The molecule has 0 unspecified atom stereocenters. The molecule has 0 N–H and O–H groups in total. The van der Waals surface area contributed by atoms with E-state index in [-0.39, 0.29) is 0 Å². The van der Waals surface area contributed by atoms with Gasteiger partial charge >= 0.3 is 0 Å². The number of nitrogens with zero attached hydrogens (tertiary/aromatic N) is 5. The molecule has 0 bridgehead atoms. The number of para-hydroxylation sites is 1. The first-order valence-electron chi connectivity index (χ1n) is 10.1. The molecule has 0 amide bonds. The topological polar surface area (TPSA) is 30.9 Å². The zero-order chi connectivity index (χ0) is 19.7. The Morgan fingerprint density at radius 1 is 1.11 bits per heavy atom. The summed E-state index contributed by atoms with van der Waals surface area (Å²) in [6, 6.07) is 10.8. The van der Waals surface area contributed by atoms with Crippen molar-refractivity contribution < 1.29 is 0 Å². The lowest BCUT2D eigenvalue weighted by atomic mass is 10.2. The van der Waals surface area contributed by atoms with E-state index in [4.69, 9.17) is 12.2 Å². The van der Waals surface area contributed by atoms with Crippen LogP contribution in [0.5, 0.6) is 0 Å². The van der Waals surface area contributed by atoms with E-state index in [0.717, 1.165) is 23.7 Å². The Bertz CT molecular complexity index is 992. The van der Waals surface area contributed by atoms with Gasteiger partial charge in [0.2, 0.25) is 0 Å². The summed E-state index contributed by atoms with van der Waals surface area (Å²) in [5.74, 6) is 0. The lowest BCUT2D eigenvalue weighted by molar-refractivity contribution is 0.255. The molecule has 0 atom stereocenters. The molecule has 0 spiro atoms. The molecular weight excluding hydrogens is 366 g/mol. The Balaban J connectivity index is 1.49. The molecule has 2 aromatic heterocycles. The van der Waals surface area contributed by atoms with E-state index >= 15 is 0 Å². The molecule has 0 radical (unpaired) electrons. The van der Waals surface area contributed by atoms with Crippen LogP contribution in [-0.4, -0.2) is 30.9 Å². The monoisotopic (exact) mass is 395 g/mol. The first-order chi connectivity index (χ1) is 13.5. The van der Waals surface area contributed by atoms with Crippen molar-refractivity contribution in [2.24, 2.45) is 0 Å². The van der Waals surface area contributed by atoms with Crippen LogP contribution in [0.1, 0.15) is 48.7 Å². The fourth-order valence-electron chi connectivity index (χ4n) is 4.31. The Kier molecular flexibility index (Phi) is 5.51. The van der Waals surface area contributed by atoms with Gasteiger partial charge in [-0.15, -0.1) is 0 Å². The van der Waals surface area contributed by atoms with Gasteiger partial charge in [-0.05, 0) is 58.1 Å². The number of aromatic nitrogens is 4. The third-order valence-corrected chi connectivity index (χ3v) is 6.33. The van der Waals surface area contributed by atoms with Crippen LogP contribution < -0.4 is 0 Å². The second-order valence-corrected chi connectivity index (χ2v) is 8.34. The van der Waals surface area contributed by atoms with Gasteiger partial charge in [0.05, 0.1) is 18.6 Å². The summed E-state index contributed by atoms with van der Waals surface area (Å²) in [6.45, 7) is 6.03. The average Bonchev–Trinajstić information content (AvgIpc) is 3.42. The molecule has 5 nitrogen and oxygen atoms in total. The second-order valence-electron chi connectivity index (χ2n) is 7.97. The van der Waals surface area contributed by atoms with Gasteiger partial charge in [0, 0.05) is 35.7 Å². The standard InChI is InChI=1S/C22H29N5S/c1-17-18(2)27(21-11-7-8-12-21)22(28)25(17)16-24(3)14-19-13-23-26(15-19)20-9-5-4-6-10-20/h4-6,9-10,13,15,21H,7-8,11-12,14,16H2,1-3H3. The van der Waals surface area contributed by atoms with Crippen LogP contribution in [0.2, 0.25) is 0 Å². The second kappa shape index (κ2) is 8.05. The maximum Gasteiger partial charge on any atom is 0.181 e. The quantitative estimate of drug-likeness (QED) is 0.549. The van der Waals surface area contributed by atoms with Gasteiger partial charge in [0.1, 0.15) is 0 Å². The summed E-state index contributed by atoms with van der Waals surface area (Å²) in [6.07, 6.45) is 9.21. The first kappa shape index (κ1) is 19.2. The minimum absolute atomic E-state index is 0.585. The molecule has 3 aromatic rings. The summed E-state index contributed by atoms with van der Waals surface area (Å²) >= 11 is 5.87. The van der Waals surface area contributed by atoms with Gasteiger partial charge in [0.15, 0.2) is 4.77 Å². The van der Waals surface area contributed by atoms with Gasteiger partial charge in [-0.2, -0.15) is 5.10 Å².